The summed E-state index contributed by atoms with van der Waals surface area (Å²) >= 11 is 3.34. The number of hydrogen-bond acceptors (Lipinski definition) is 1. The molecule has 0 aliphatic rings. The maximum absolute atomic E-state index is 11.6. The minimum atomic E-state index is -0.163. The van der Waals surface area contributed by atoms with Gasteiger partial charge < -0.3 is 10.6 Å². The van der Waals surface area contributed by atoms with E-state index in [-0.39, 0.29) is 12.1 Å². The lowest BCUT2D eigenvalue weighted by atomic mass is 10.1. The Labute approximate surface area is 105 Å². The van der Waals surface area contributed by atoms with Crippen LogP contribution >= 0.6 is 15.9 Å². The third-order valence-corrected chi connectivity index (χ3v) is 2.99. The standard InChI is InChI=1S/C12H17BrN2O/c1-8(2)9(3)14-12(16)15-11-6-4-10(13)5-7-11/h4-9H,1-3H3,(H2,14,15,16)/t9-/m0/s1. The highest BCUT2D eigenvalue weighted by molar-refractivity contribution is 9.10. The van der Waals surface area contributed by atoms with Crippen LogP contribution in [0.1, 0.15) is 20.8 Å². The maximum atomic E-state index is 11.6. The van der Waals surface area contributed by atoms with E-state index in [0.717, 1.165) is 10.2 Å². The minimum absolute atomic E-state index is 0.162. The smallest absolute Gasteiger partial charge is 0.319 e. The second kappa shape index (κ2) is 5.89. The van der Waals surface area contributed by atoms with Gasteiger partial charge in [0.2, 0.25) is 0 Å². The van der Waals surface area contributed by atoms with Gasteiger partial charge in [-0.3, -0.25) is 0 Å². The van der Waals surface area contributed by atoms with Gasteiger partial charge in [-0.1, -0.05) is 29.8 Å². The molecule has 0 unspecified atom stereocenters. The summed E-state index contributed by atoms with van der Waals surface area (Å²) in [6, 6.07) is 7.48. The van der Waals surface area contributed by atoms with Gasteiger partial charge in [0.25, 0.3) is 0 Å². The molecule has 1 aromatic carbocycles. The monoisotopic (exact) mass is 284 g/mol. The van der Waals surface area contributed by atoms with Gasteiger partial charge in [-0.25, -0.2) is 4.79 Å². The fraction of sp³-hybridized carbons (Fsp3) is 0.417. The lowest BCUT2D eigenvalue weighted by molar-refractivity contribution is 0.246. The second-order valence-corrected chi connectivity index (χ2v) is 5.05. The molecule has 2 amide bonds. The van der Waals surface area contributed by atoms with E-state index in [4.69, 9.17) is 0 Å². The van der Waals surface area contributed by atoms with Gasteiger partial charge in [0, 0.05) is 16.2 Å². The molecule has 0 saturated heterocycles. The van der Waals surface area contributed by atoms with Gasteiger partial charge in [0.1, 0.15) is 0 Å². The first-order valence-electron chi connectivity index (χ1n) is 5.32. The van der Waals surface area contributed by atoms with Crippen LogP contribution < -0.4 is 10.6 Å². The van der Waals surface area contributed by atoms with E-state index in [2.05, 4.69) is 40.4 Å². The normalized spacial score (nSPS) is 12.3. The molecular formula is C12H17BrN2O. The third-order valence-electron chi connectivity index (χ3n) is 2.46. The molecule has 0 radical (unpaired) electrons. The lowest BCUT2D eigenvalue weighted by Crippen LogP contribution is -2.38. The molecule has 1 rings (SSSR count). The molecular weight excluding hydrogens is 268 g/mol. The summed E-state index contributed by atoms with van der Waals surface area (Å²) in [4.78, 5) is 11.6. The molecule has 0 bridgehead atoms. The Hall–Kier alpha value is -1.03. The van der Waals surface area contributed by atoms with Gasteiger partial charge in [-0.05, 0) is 37.1 Å². The molecule has 0 aromatic heterocycles. The second-order valence-electron chi connectivity index (χ2n) is 4.14. The highest BCUT2D eigenvalue weighted by Crippen LogP contribution is 2.14. The zero-order valence-corrected chi connectivity index (χ0v) is 11.3. The highest BCUT2D eigenvalue weighted by atomic mass is 79.9. The van der Waals surface area contributed by atoms with Crippen LogP contribution in [-0.4, -0.2) is 12.1 Å². The van der Waals surface area contributed by atoms with Crippen molar-refractivity contribution < 1.29 is 4.79 Å². The lowest BCUT2D eigenvalue weighted by Gasteiger charge is -2.17. The van der Waals surface area contributed by atoms with E-state index in [0.29, 0.717) is 5.92 Å². The Bertz CT molecular complexity index is 349. The molecule has 4 heteroatoms. The maximum Gasteiger partial charge on any atom is 0.319 e. The van der Waals surface area contributed by atoms with E-state index in [1.54, 1.807) is 0 Å². The summed E-state index contributed by atoms with van der Waals surface area (Å²) in [6.07, 6.45) is 0. The molecule has 0 aliphatic carbocycles. The first-order valence-corrected chi connectivity index (χ1v) is 6.11. The molecule has 0 fully saturated rings. The molecule has 0 saturated carbocycles. The molecule has 1 aromatic rings. The number of amides is 2. The summed E-state index contributed by atoms with van der Waals surface area (Å²) in [7, 11) is 0. The number of carbonyl (C=O) groups is 1. The molecule has 0 spiro atoms. The fourth-order valence-electron chi connectivity index (χ4n) is 1.07. The number of nitrogens with one attached hydrogen (secondary N) is 2. The van der Waals surface area contributed by atoms with Crippen molar-refractivity contribution in [2.24, 2.45) is 5.92 Å². The van der Waals surface area contributed by atoms with Gasteiger partial charge in [0.15, 0.2) is 0 Å². The van der Waals surface area contributed by atoms with Crippen molar-refractivity contribution in [1.29, 1.82) is 0 Å². The van der Waals surface area contributed by atoms with E-state index in [9.17, 15) is 4.79 Å². The van der Waals surface area contributed by atoms with Gasteiger partial charge >= 0.3 is 6.03 Å². The Morgan fingerprint density at radius 2 is 1.75 bits per heavy atom. The zero-order chi connectivity index (χ0) is 12.1. The minimum Gasteiger partial charge on any atom is -0.335 e. The summed E-state index contributed by atoms with van der Waals surface area (Å²) in [5.74, 6) is 0.427. The fourth-order valence-corrected chi connectivity index (χ4v) is 1.34. The van der Waals surface area contributed by atoms with Crippen molar-refractivity contribution in [3.8, 4) is 0 Å². The van der Waals surface area contributed by atoms with Crippen LogP contribution in [0.5, 0.6) is 0 Å². The van der Waals surface area contributed by atoms with Crippen LogP contribution in [0.2, 0.25) is 0 Å². The van der Waals surface area contributed by atoms with E-state index in [1.807, 2.05) is 31.2 Å². The Morgan fingerprint density at radius 3 is 2.25 bits per heavy atom. The van der Waals surface area contributed by atoms with Crippen molar-refractivity contribution in [3.05, 3.63) is 28.7 Å². The Morgan fingerprint density at radius 1 is 1.19 bits per heavy atom. The molecule has 16 heavy (non-hydrogen) atoms. The van der Waals surface area contributed by atoms with Crippen molar-refractivity contribution >= 4 is 27.6 Å². The van der Waals surface area contributed by atoms with Crippen molar-refractivity contribution in [2.75, 3.05) is 5.32 Å². The number of rotatable bonds is 3. The summed E-state index contributed by atoms with van der Waals surface area (Å²) < 4.78 is 0.994. The summed E-state index contributed by atoms with van der Waals surface area (Å²) in [6.45, 7) is 6.14. The molecule has 1 atom stereocenters. The van der Waals surface area contributed by atoms with E-state index in [1.165, 1.54) is 0 Å². The van der Waals surface area contributed by atoms with Crippen LogP contribution in [0.3, 0.4) is 0 Å². The number of anilines is 1. The number of benzene rings is 1. The molecule has 0 aliphatic heterocycles. The van der Waals surface area contributed by atoms with E-state index < -0.39 is 0 Å². The van der Waals surface area contributed by atoms with Crippen LogP contribution in [-0.2, 0) is 0 Å². The van der Waals surface area contributed by atoms with Crippen LogP contribution in [0.4, 0.5) is 10.5 Å². The SMILES string of the molecule is CC(C)[C@H](C)NC(=O)Nc1ccc(Br)cc1. The number of carbonyl (C=O) groups excluding carboxylic acids is 1. The summed E-state index contributed by atoms with van der Waals surface area (Å²) in [5.41, 5.74) is 0.789. The van der Waals surface area contributed by atoms with Crippen molar-refractivity contribution in [2.45, 2.75) is 26.8 Å². The first kappa shape index (κ1) is 13.0. The predicted molar refractivity (Wildman–Crippen MR) is 70.6 cm³/mol. The number of halogens is 1. The Balaban J connectivity index is 2.48. The van der Waals surface area contributed by atoms with Gasteiger partial charge in [0.05, 0.1) is 0 Å². The third kappa shape index (κ3) is 4.23. The Kier molecular flexibility index (Phi) is 4.80. The number of hydrogen-bond donors (Lipinski definition) is 2. The van der Waals surface area contributed by atoms with Crippen molar-refractivity contribution in [3.63, 3.8) is 0 Å². The van der Waals surface area contributed by atoms with E-state index >= 15 is 0 Å². The van der Waals surface area contributed by atoms with Crippen LogP contribution in [0.25, 0.3) is 0 Å². The summed E-state index contributed by atoms with van der Waals surface area (Å²) in [5, 5.41) is 5.66. The highest BCUT2D eigenvalue weighted by Gasteiger charge is 2.10. The topological polar surface area (TPSA) is 41.1 Å². The first-order chi connectivity index (χ1) is 7.49. The number of urea groups is 1. The largest absolute Gasteiger partial charge is 0.335 e. The molecule has 3 nitrogen and oxygen atoms in total. The molecule has 0 heterocycles. The molecule has 88 valence electrons. The quantitative estimate of drug-likeness (QED) is 0.875. The molecule has 2 N–H and O–H groups in total. The zero-order valence-electron chi connectivity index (χ0n) is 9.75. The van der Waals surface area contributed by atoms with Crippen LogP contribution in [0.15, 0.2) is 28.7 Å². The average molecular weight is 285 g/mol. The van der Waals surface area contributed by atoms with Gasteiger partial charge in [-0.15, -0.1) is 0 Å². The van der Waals surface area contributed by atoms with Crippen LogP contribution in [0, 0.1) is 5.92 Å². The average Bonchev–Trinajstić information content (AvgIpc) is 2.21. The predicted octanol–water partition coefficient (Wildman–Crippen LogP) is 3.62. The van der Waals surface area contributed by atoms with Crippen molar-refractivity contribution in [1.82, 2.24) is 5.32 Å². The van der Waals surface area contributed by atoms with Gasteiger partial charge in [-0.2, -0.15) is 0 Å².